The van der Waals surface area contributed by atoms with Crippen molar-refractivity contribution in [2.75, 3.05) is 0 Å². The molecule has 0 aliphatic heterocycles. The van der Waals surface area contributed by atoms with Crippen LogP contribution in [0.15, 0.2) is 61.2 Å². The van der Waals surface area contributed by atoms with Crippen LogP contribution in [0.1, 0.15) is 21.5 Å². The molecule has 4 nitrogen and oxygen atoms in total. The summed E-state index contributed by atoms with van der Waals surface area (Å²) >= 11 is 5.89. The first-order chi connectivity index (χ1) is 11.6. The van der Waals surface area contributed by atoms with E-state index in [1.54, 1.807) is 12.5 Å². The quantitative estimate of drug-likeness (QED) is 0.768. The van der Waals surface area contributed by atoms with E-state index in [4.69, 9.17) is 11.6 Å². The fourth-order valence-corrected chi connectivity index (χ4v) is 2.56. The maximum absolute atomic E-state index is 13.0. The Morgan fingerprint density at radius 1 is 1.17 bits per heavy atom. The molecule has 0 spiro atoms. The molecule has 0 atom stereocenters. The highest BCUT2D eigenvalue weighted by Crippen LogP contribution is 2.17. The van der Waals surface area contributed by atoms with Gasteiger partial charge in [-0.1, -0.05) is 35.9 Å². The normalized spacial score (nSPS) is 10.6. The van der Waals surface area contributed by atoms with Gasteiger partial charge in [-0.2, -0.15) is 0 Å². The van der Waals surface area contributed by atoms with Crippen LogP contribution in [0.4, 0.5) is 4.39 Å². The lowest BCUT2D eigenvalue weighted by Gasteiger charge is -2.08. The predicted octanol–water partition coefficient (Wildman–Crippen LogP) is 3.65. The first-order valence-corrected chi connectivity index (χ1v) is 7.76. The Balaban J connectivity index is 1.59. The monoisotopic (exact) mass is 343 g/mol. The Morgan fingerprint density at radius 2 is 1.92 bits per heavy atom. The van der Waals surface area contributed by atoms with Crippen molar-refractivity contribution in [1.29, 1.82) is 0 Å². The smallest absolute Gasteiger partial charge is 0.253 e. The summed E-state index contributed by atoms with van der Waals surface area (Å²) in [7, 11) is 0. The number of nitrogens with one attached hydrogen (secondary N) is 1. The van der Waals surface area contributed by atoms with E-state index in [9.17, 15) is 9.18 Å². The Hall–Kier alpha value is -2.66. The summed E-state index contributed by atoms with van der Waals surface area (Å²) in [5, 5.41) is 2.88. The summed E-state index contributed by atoms with van der Waals surface area (Å²) in [5.41, 5.74) is 2.37. The maximum atomic E-state index is 13.0. The third-order valence-electron chi connectivity index (χ3n) is 3.58. The summed E-state index contributed by atoms with van der Waals surface area (Å²) in [5.74, 6) is -0.799. The topological polar surface area (TPSA) is 46.9 Å². The molecule has 0 aliphatic rings. The number of aromatic nitrogens is 2. The van der Waals surface area contributed by atoms with Crippen LogP contribution in [0.25, 0.3) is 0 Å². The molecule has 0 saturated carbocycles. The van der Waals surface area contributed by atoms with E-state index in [-0.39, 0.29) is 16.5 Å². The molecule has 0 bridgehead atoms. The van der Waals surface area contributed by atoms with Gasteiger partial charge in [0.05, 0.1) is 16.9 Å². The molecule has 3 aromatic rings. The molecule has 0 unspecified atom stereocenters. The third-order valence-corrected chi connectivity index (χ3v) is 3.89. The molecule has 0 saturated heterocycles. The number of carbonyl (C=O) groups excluding carboxylic acids is 1. The minimum Gasteiger partial charge on any atom is -0.348 e. The summed E-state index contributed by atoms with van der Waals surface area (Å²) in [4.78, 5) is 16.1. The van der Waals surface area contributed by atoms with Crippen molar-refractivity contribution >= 4 is 17.5 Å². The minimum absolute atomic E-state index is 0.100. The predicted molar refractivity (Wildman–Crippen MR) is 90.4 cm³/mol. The van der Waals surface area contributed by atoms with Gasteiger partial charge in [-0.05, 0) is 29.3 Å². The van der Waals surface area contributed by atoms with Gasteiger partial charge in [-0.25, -0.2) is 9.37 Å². The molecule has 2 aromatic carbocycles. The van der Waals surface area contributed by atoms with Gasteiger partial charge in [0, 0.05) is 25.5 Å². The van der Waals surface area contributed by atoms with Crippen molar-refractivity contribution in [3.8, 4) is 0 Å². The highest BCUT2D eigenvalue weighted by molar-refractivity contribution is 6.33. The van der Waals surface area contributed by atoms with E-state index in [1.165, 1.54) is 12.1 Å². The van der Waals surface area contributed by atoms with Crippen LogP contribution in [-0.2, 0) is 13.1 Å². The van der Waals surface area contributed by atoms with Gasteiger partial charge < -0.3 is 9.88 Å². The molecule has 0 radical (unpaired) electrons. The summed E-state index contributed by atoms with van der Waals surface area (Å²) in [6.45, 7) is 1.12. The molecule has 24 heavy (non-hydrogen) atoms. The molecule has 1 aromatic heterocycles. The van der Waals surface area contributed by atoms with Crippen molar-refractivity contribution in [3.63, 3.8) is 0 Å². The number of imidazole rings is 1. The van der Waals surface area contributed by atoms with Crippen molar-refractivity contribution in [2.45, 2.75) is 13.1 Å². The van der Waals surface area contributed by atoms with Crippen LogP contribution in [0.3, 0.4) is 0 Å². The molecule has 1 N–H and O–H groups in total. The van der Waals surface area contributed by atoms with E-state index in [0.29, 0.717) is 6.54 Å². The second-order valence-corrected chi connectivity index (χ2v) is 5.77. The lowest BCUT2D eigenvalue weighted by Crippen LogP contribution is -2.23. The number of amides is 1. The summed E-state index contributed by atoms with van der Waals surface area (Å²) in [6.07, 6.45) is 5.41. The Labute approximate surface area is 143 Å². The Bertz CT molecular complexity index is 832. The zero-order valence-corrected chi connectivity index (χ0v) is 13.5. The van der Waals surface area contributed by atoms with Crippen LogP contribution < -0.4 is 5.32 Å². The molecule has 0 aliphatic carbocycles. The zero-order chi connectivity index (χ0) is 16.9. The Morgan fingerprint density at radius 3 is 2.58 bits per heavy atom. The van der Waals surface area contributed by atoms with Crippen LogP contribution in [0.2, 0.25) is 5.02 Å². The largest absolute Gasteiger partial charge is 0.348 e. The van der Waals surface area contributed by atoms with Gasteiger partial charge in [0.1, 0.15) is 5.82 Å². The van der Waals surface area contributed by atoms with Crippen molar-refractivity contribution in [2.24, 2.45) is 0 Å². The molecule has 122 valence electrons. The standard InChI is InChI=1S/C18H15ClFN3O/c19-17-9-15(20)5-6-16(17)18(24)22-10-13-1-3-14(4-2-13)11-23-8-7-21-12-23/h1-9,12H,10-11H2,(H,22,24). The number of benzene rings is 2. The van der Waals surface area contributed by atoms with E-state index >= 15 is 0 Å². The number of nitrogens with zero attached hydrogens (tertiary/aromatic N) is 2. The molecular formula is C18H15ClFN3O. The van der Waals surface area contributed by atoms with Gasteiger partial charge >= 0.3 is 0 Å². The van der Waals surface area contributed by atoms with Crippen LogP contribution >= 0.6 is 11.6 Å². The number of halogens is 2. The molecule has 6 heteroatoms. The van der Waals surface area contributed by atoms with Gasteiger partial charge in [-0.3, -0.25) is 4.79 Å². The van der Waals surface area contributed by atoms with Crippen LogP contribution in [0, 0.1) is 5.82 Å². The van der Waals surface area contributed by atoms with Crippen molar-refractivity contribution in [3.05, 3.63) is 88.7 Å². The van der Waals surface area contributed by atoms with E-state index < -0.39 is 5.82 Å². The van der Waals surface area contributed by atoms with E-state index in [0.717, 1.165) is 23.7 Å². The lowest BCUT2D eigenvalue weighted by molar-refractivity contribution is 0.0951. The fourth-order valence-electron chi connectivity index (χ4n) is 2.30. The average Bonchev–Trinajstić information content (AvgIpc) is 3.07. The number of rotatable bonds is 5. The summed E-state index contributed by atoms with van der Waals surface area (Å²) in [6, 6.07) is 11.6. The number of carbonyl (C=O) groups is 1. The number of hydrogen-bond donors (Lipinski definition) is 1. The highest BCUT2D eigenvalue weighted by Gasteiger charge is 2.10. The SMILES string of the molecule is O=C(NCc1ccc(Cn2ccnc2)cc1)c1ccc(F)cc1Cl. The lowest BCUT2D eigenvalue weighted by atomic mass is 10.1. The van der Waals surface area contributed by atoms with Crippen LogP contribution in [0.5, 0.6) is 0 Å². The summed E-state index contributed by atoms with van der Waals surface area (Å²) < 4.78 is 15.0. The average molecular weight is 344 g/mol. The van der Waals surface area contributed by atoms with Gasteiger partial charge in [-0.15, -0.1) is 0 Å². The van der Waals surface area contributed by atoms with E-state index in [2.05, 4.69) is 10.3 Å². The first kappa shape index (κ1) is 16.2. The molecule has 1 heterocycles. The van der Waals surface area contributed by atoms with Crippen LogP contribution in [-0.4, -0.2) is 15.5 Å². The highest BCUT2D eigenvalue weighted by atomic mass is 35.5. The molecular weight excluding hydrogens is 329 g/mol. The van der Waals surface area contributed by atoms with Gasteiger partial charge in [0.2, 0.25) is 0 Å². The molecule has 1 amide bonds. The second-order valence-electron chi connectivity index (χ2n) is 5.36. The third kappa shape index (κ3) is 4.00. The fraction of sp³-hybridized carbons (Fsp3) is 0.111. The Kier molecular flexibility index (Phi) is 4.91. The molecule has 0 fully saturated rings. The van der Waals surface area contributed by atoms with Gasteiger partial charge in [0.25, 0.3) is 5.91 Å². The zero-order valence-electron chi connectivity index (χ0n) is 12.7. The maximum Gasteiger partial charge on any atom is 0.253 e. The molecule has 3 rings (SSSR count). The van der Waals surface area contributed by atoms with E-state index in [1.807, 2.05) is 35.0 Å². The first-order valence-electron chi connectivity index (χ1n) is 7.38. The second kappa shape index (κ2) is 7.27. The van der Waals surface area contributed by atoms with Gasteiger partial charge in [0.15, 0.2) is 0 Å². The minimum atomic E-state index is -0.468. The van der Waals surface area contributed by atoms with Crippen molar-refractivity contribution in [1.82, 2.24) is 14.9 Å². The van der Waals surface area contributed by atoms with Crippen molar-refractivity contribution < 1.29 is 9.18 Å². The number of hydrogen-bond acceptors (Lipinski definition) is 2.